The van der Waals surface area contributed by atoms with Crippen molar-refractivity contribution < 1.29 is 13.5 Å². The monoisotopic (exact) mass is 185 g/mol. The molecule has 0 saturated carbocycles. The molecule has 4 heteroatoms. The first-order valence-corrected chi connectivity index (χ1v) is 4.04. The number of benzene rings is 1. The molecule has 1 N–H and O–H groups in total. The third-order valence-electron chi connectivity index (χ3n) is 1.89. The Morgan fingerprint density at radius 3 is 2.85 bits per heavy atom. The van der Waals surface area contributed by atoms with Gasteiger partial charge < -0.3 is 10.1 Å². The van der Waals surface area contributed by atoms with Gasteiger partial charge in [0.05, 0.1) is 0 Å². The van der Waals surface area contributed by atoms with Gasteiger partial charge in [-0.05, 0) is 17.7 Å². The van der Waals surface area contributed by atoms with Gasteiger partial charge in [-0.3, -0.25) is 0 Å². The summed E-state index contributed by atoms with van der Waals surface area (Å²) in [5.41, 5.74) is 0.998. The molecule has 2 rings (SSSR count). The molecule has 1 atom stereocenters. The van der Waals surface area contributed by atoms with Gasteiger partial charge in [0, 0.05) is 12.6 Å². The van der Waals surface area contributed by atoms with E-state index in [1.165, 1.54) is 6.07 Å². The summed E-state index contributed by atoms with van der Waals surface area (Å²) in [6.07, 6.45) is 0. The molecule has 0 unspecified atom stereocenters. The van der Waals surface area contributed by atoms with E-state index in [4.69, 9.17) is 0 Å². The summed E-state index contributed by atoms with van der Waals surface area (Å²) >= 11 is 0. The van der Waals surface area contributed by atoms with Crippen molar-refractivity contribution in [1.82, 2.24) is 5.32 Å². The lowest BCUT2D eigenvalue weighted by Gasteiger charge is -2.05. The van der Waals surface area contributed by atoms with Crippen LogP contribution >= 0.6 is 0 Å². The van der Waals surface area contributed by atoms with Crippen LogP contribution < -0.4 is 10.1 Å². The Labute approximate surface area is 74.5 Å². The lowest BCUT2D eigenvalue weighted by molar-refractivity contribution is -0.0498. The molecule has 70 valence electrons. The molecule has 1 aromatic carbocycles. The molecule has 1 saturated heterocycles. The molecule has 13 heavy (non-hydrogen) atoms. The smallest absolute Gasteiger partial charge is 0.387 e. The summed E-state index contributed by atoms with van der Waals surface area (Å²) in [7, 11) is 0. The number of rotatable bonds is 3. The fourth-order valence-electron chi connectivity index (χ4n) is 1.20. The summed E-state index contributed by atoms with van der Waals surface area (Å²) in [5, 5.41) is 3.09. The van der Waals surface area contributed by atoms with Crippen molar-refractivity contribution in [3.8, 4) is 5.75 Å². The van der Waals surface area contributed by atoms with Crippen LogP contribution in [0.2, 0.25) is 0 Å². The lowest BCUT2D eigenvalue weighted by atomic mass is 10.1. The van der Waals surface area contributed by atoms with E-state index in [2.05, 4.69) is 10.1 Å². The molecule has 0 bridgehead atoms. The van der Waals surface area contributed by atoms with Crippen LogP contribution in [0.1, 0.15) is 11.6 Å². The minimum Gasteiger partial charge on any atom is -0.435 e. The van der Waals surface area contributed by atoms with E-state index >= 15 is 0 Å². The predicted molar refractivity (Wildman–Crippen MR) is 43.8 cm³/mol. The number of halogens is 2. The highest BCUT2D eigenvalue weighted by atomic mass is 19.3. The Hall–Kier alpha value is -1.16. The van der Waals surface area contributed by atoms with Gasteiger partial charge in [-0.25, -0.2) is 0 Å². The number of ether oxygens (including phenoxy) is 1. The van der Waals surface area contributed by atoms with Gasteiger partial charge in [0.15, 0.2) is 0 Å². The molecule has 0 aliphatic carbocycles. The van der Waals surface area contributed by atoms with Gasteiger partial charge >= 0.3 is 6.61 Å². The van der Waals surface area contributed by atoms with Crippen molar-refractivity contribution in [2.24, 2.45) is 0 Å². The minimum atomic E-state index is -2.75. The van der Waals surface area contributed by atoms with Crippen LogP contribution in [0.4, 0.5) is 8.78 Å². The summed E-state index contributed by atoms with van der Waals surface area (Å²) in [4.78, 5) is 0. The maximum atomic E-state index is 11.8. The molecule has 1 aliphatic rings. The zero-order chi connectivity index (χ0) is 9.26. The average Bonchev–Trinajstić information content (AvgIpc) is 2.85. The van der Waals surface area contributed by atoms with E-state index in [9.17, 15) is 8.78 Å². The van der Waals surface area contributed by atoms with Crippen molar-refractivity contribution in [2.75, 3.05) is 6.54 Å². The molecular formula is C9H9F2NO. The standard InChI is InChI=1S/C9H9F2NO/c10-9(11)13-7-3-1-2-6(4-7)8-5-12-8/h1-4,8-9,12H,5H2/t8-/m1/s1. The maximum Gasteiger partial charge on any atom is 0.387 e. The summed E-state index contributed by atoms with van der Waals surface area (Å²) in [6.45, 7) is -1.83. The first-order chi connectivity index (χ1) is 6.25. The Balaban J connectivity index is 2.12. The molecule has 1 aromatic rings. The molecule has 2 nitrogen and oxygen atoms in total. The van der Waals surface area contributed by atoms with Crippen molar-refractivity contribution in [1.29, 1.82) is 0 Å². The number of hydrogen-bond acceptors (Lipinski definition) is 2. The van der Waals surface area contributed by atoms with Crippen LogP contribution in [0.5, 0.6) is 5.75 Å². The van der Waals surface area contributed by atoms with Crippen LogP contribution in [0.25, 0.3) is 0 Å². The Bertz CT molecular complexity index is 299. The molecule has 0 aromatic heterocycles. The molecule has 1 aliphatic heterocycles. The van der Waals surface area contributed by atoms with Crippen molar-refractivity contribution in [2.45, 2.75) is 12.7 Å². The maximum absolute atomic E-state index is 11.8. The van der Waals surface area contributed by atoms with Gasteiger partial charge in [-0.2, -0.15) is 8.78 Å². The average molecular weight is 185 g/mol. The molecule has 0 amide bonds. The fraction of sp³-hybridized carbons (Fsp3) is 0.333. The summed E-state index contributed by atoms with van der Waals surface area (Å²) in [5.74, 6) is 0.223. The van der Waals surface area contributed by atoms with Gasteiger partial charge in [0.25, 0.3) is 0 Å². The molecule has 1 heterocycles. The zero-order valence-corrected chi connectivity index (χ0v) is 6.84. The summed E-state index contributed by atoms with van der Waals surface area (Å²) in [6, 6.07) is 7.09. The highest BCUT2D eigenvalue weighted by Gasteiger charge is 2.22. The van der Waals surface area contributed by atoms with Crippen LogP contribution in [0.15, 0.2) is 24.3 Å². The Morgan fingerprint density at radius 1 is 1.46 bits per heavy atom. The van der Waals surface area contributed by atoms with Crippen LogP contribution in [0.3, 0.4) is 0 Å². The third-order valence-corrected chi connectivity index (χ3v) is 1.89. The van der Waals surface area contributed by atoms with Crippen LogP contribution in [-0.2, 0) is 0 Å². The first-order valence-electron chi connectivity index (χ1n) is 4.04. The van der Waals surface area contributed by atoms with Gasteiger partial charge in [-0.15, -0.1) is 0 Å². The third kappa shape index (κ3) is 2.15. The topological polar surface area (TPSA) is 31.2 Å². The minimum absolute atomic E-state index is 0.223. The molecule has 0 spiro atoms. The highest BCUT2D eigenvalue weighted by Crippen LogP contribution is 2.25. The van der Waals surface area contributed by atoms with Gasteiger partial charge in [0.2, 0.25) is 0 Å². The number of alkyl halides is 2. The molecule has 1 fully saturated rings. The van der Waals surface area contributed by atoms with Gasteiger partial charge in [0.1, 0.15) is 5.75 Å². The van der Waals surface area contributed by atoms with Crippen LogP contribution in [0, 0.1) is 0 Å². The second-order valence-electron chi connectivity index (χ2n) is 2.91. The number of hydrogen-bond donors (Lipinski definition) is 1. The SMILES string of the molecule is FC(F)Oc1cccc([C@H]2CN2)c1. The first kappa shape index (κ1) is 8.44. The van der Waals surface area contributed by atoms with E-state index < -0.39 is 6.61 Å². The van der Waals surface area contributed by atoms with Crippen molar-refractivity contribution in [3.63, 3.8) is 0 Å². The van der Waals surface area contributed by atoms with E-state index in [0.29, 0.717) is 6.04 Å². The van der Waals surface area contributed by atoms with E-state index in [-0.39, 0.29) is 5.75 Å². The molecular weight excluding hydrogens is 176 g/mol. The van der Waals surface area contributed by atoms with Crippen molar-refractivity contribution >= 4 is 0 Å². The second-order valence-corrected chi connectivity index (χ2v) is 2.91. The molecule has 0 radical (unpaired) electrons. The van der Waals surface area contributed by atoms with Gasteiger partial charge in [-0.1, -0.05) is 12.1 Å². The highest BCUT2D eigenvalue weighted by molar-refractivity contribution is 5.32. The Morgan fingerprint density at radius 2 is 2.23 bits per heavy atom. The lowest BCUT2D eigenvalue weighted by Crippen LogP contribution is -2.02. The predicted octanol–water partition coefficient (Wildman–Crippen LogP) is 1.93. The van der Waals surface area contributed by atoms with E-state index in [1.807, 2.05) is 6.07 Å². The van der Waals surface area contributed by atoms with E-state index in [1.54, 1.807) is 12.1 Å². The quantitative estimate of drug-likeness (QED) is 0.729. The largest absolute Gasteiger partial charge is 0.435 e. The number of nitrogens with one attached hydrogen (secondary N) is 1. The second kappa shape index (κ2) is 3.30. The summed E-state index contributed by atoms with van der Waals surface area (Å²) < 4.78 is 27.9. The zero-order valence-electron chi connectivity index (χ0n) is 6.84. The Kier molecular flexibility index (Phi) is 2.14. The van der Waals surface area contributed by atoms with Crippen molar-refractivity contribution in [3.05, 3.63) is 29.8 Å². The van der Waals surface area contributed by atoms with E-state index in [0.717, 1.165) is 12.1 Å². The normalized spacial score (nSPS) is 20.4. The fourth-order valence-corrected chi connectivity index (χ4v) is 1.20. The van der Waals surface area contributed by atoms with Crippen LogP contribution in [-0.4, -0.2) is 13.2 Å².